The average Bonchev–Trinajstić information content (AvgIpc) is 2.81. The number of para-hydroxylation sites is 1. The van der Waals surface area contributed by atoms with E-state index in [0.29, 0.717) is 6.54 Å². The van der Waals surface area contributed by atoms with Gasteiger partial charge in [-0.15, -0.1) is 0 Å². The van der Waals surface area contributed by atoms with E-state index in [4.69, 9.17) is 10.5 Å². The van der Waals surface area contributed by atoms with Crippen molar-refractivity contribution in [3.8, 4) is 5.75 Å². The lowest BCUT2D eigenvalue weighted by atomic mass is 10.2. The van der Waals surface area contributed by atoms with Gasteiger partial charge in [0.15, 0.2) is 0 Å². The van der Waals surface area contributed by atoms with Gasteiger partial charge in [0.25, 0.3) is 0 Å². The van der Waals surface area contributed by atoms with Gasteiger partial charge in [-0.3, -0.25) is 4.40 Å². The van der Waals surface area contributed by atoms with Gasteiger partial charge >= 0.3 is 0 Å². The lowest BCUT2D eigenvalue weighted by Crippen LogP contribution is -2.02. The molecule has 0 bridgehead atoms. The summed E-state index contributed by atoms with van der Waals surface area (Å²) in [5, 5.41) is 1.14. The first-order valence-corrected chi connectivity index (χ1v) is 5.97. The number of pyridine rings is 1. The smallest absolute Gasteiger partial charge is 0.143 e. The number of benzene rings is 1. The van der Waals surface area contributed by atoms with Crippen LogP contribution in [0.15, 0.2) is 36.5 Å². The van der Waals surface area contributed by atoms with Crippen molar-refractivity contribution in [2.45, 2.75) is 6.42 Å². The van der Waals surface area contributed by atoms with Crippen LogP contribution in [0.1, 0.15) is 5.69 Å². The molecule has 0 aliphatic carbocycles. The number of aromatic nitrogens is 2. The Morgan fingerprint density at radius 3 is 2.94 bits per heavy atom. The quantitative estimate of drug-likeness (QED) is 0.763. The third-order valence-corrected chi connectivity index (χ3v) is 3.09. The first-order valence-electron chi connectivity index (χ1n) is 5.97. The van der Waals surface area contributed by atoms with Crippen molar-refractivity contribution in [3.05, 3.63) is 42.2 Å². The number of fused-ring (bicyclic) bond motifs is 3. The second kappa shape index (κ2) is 4.31. The third-order valence-electron chi connectivity index (χ3n) is 3.09. The van der Waals surface area contributed by atoms with Crippen LogP contribution in [0.25, 0.3) is 16.6 Å². The molecule has 0 unspecified atom stereocenters. The molecule has 2 N–H and O–H groups in total. The Kier molecular flexibility index (Phi) is 2.64. The molecule has 92 valence electrons. The number of ether oxygens (including phenoxy) is 1. The molecule has 0 radical (unpaired) electrons. The number of hydrogen-bond acceptors (Lipinski definition) is 3. The highest BCUT2D eigenvalue weighted by Gasteiger charge is 2.08. The molecule has 0 aliphatic rings. The highest BCUT2D eigenvalue weighted by molar-refractivity contribution is 5.87. The predicted octanol–water partition coefficient (Wildman–Crippen LogP) is 2.00. The molecule has 3 aromatic rings. The van der Waals surface area contributed by atoms with Crippen LogP contribution in [-0.2, 0) is 6.42 Å². The molecule has 4 heteroatoms. The summed E-state index contributed by atoms with van der Waals surface area (Å²) in [4.78, 5) is 4.56. The van der Waals surface area contributed by atoms with Crippen molar-refractivity contribution >= 4 is 16.6 Å². The maximum atomic E-state index is 5.58. The normalized spacial score (nSPS) is 11.2. The van der Waals surface area contributed by atoms with Crippen molar-refractivity contribution in [2.24, 2.45) is 5.73 Å². The van der Waals surface area contributed by atoms with Crippen LogP contribution >= 0.6 is 0 Å². The van der Waals surface area contributed by atoms with Gasteiger partial charge in [0.2, 0.25) is 0 Å². The van der Waals surface area contributed by atoms with Crippen LogP contribution in [0.2, 0.25) is 0 Å². The highest BCUT2D eigenvalue weighted by Crippen LogP contribution is 2.26. The summed E-state index contributed by atoms with van der Waals surface area (Å²) >= 11 is 0. The van der Waals surface area contributed by atoms with Crippen LogP contribution in [0, 0.1) is 0 Å². The first kappa shape index (κ1) is 11.0. The fourth-order valence-electron chi connectivity index (χ4n) is 2.27. The number of nitrogens with two attached hydrogens (primary N) is 1. The topological polar surface area (TPSA) is 52.5 Å². The summed E-state index contributed by atoms with van der Waals surface area (Å²) in [6.45, 7) is 0.610. The van der Waals surface area contributed by atoms with E-state index in [1.165, 1.54) is 0 Å². The standard InChI is InChI=1S/C14H15N3O/c1-18-12-4-2-3-10-5-6-13-16-11(7-8-15)9-17(13)14(10)12/h2-6,9H,7-8,15H2,1H3. The van der Waals surface area contributed by atoms with Crippen LogP contribution < -0.4 is 10.5 Å². The summed E-state index contributed by atoms with van der Waals surface area (Å²) in [5.41, 5.74) is 8.56. The van der Waals surface area contributed by atoms with Crippen molar-refractivity contribution < 1.29 is 4.74 Å². The average molecular weight is 241 g/mol. The van der Waals surface area contributed by atoms with Crippen molar-refractivity contribution in [3.63, 3.8) is 0 Å². The Balaban J connectivity index is 2.36. The Hall–Kier alpha value is -2.07. The van der Waals surface area contributed by atoms with E-state index in [0.717, 1.165) is 34.4 Å². The molecule has 3 rings (SSSR count). The minimum atomic E-state index is 0.610. The molecule has 2 aromatic heterocycles. The molecule has 0 atom stereocenters. The van der Waals surface area contributed by atoms with E-state index in [-0.39, 0.29) is 0 Å². The maximum absolute atomic E-state index is 5.58. The summed E-state index contributed by atoms with van der Waals surface area (Å²) in [6, 6.07) is 10.1. The van der Waals surface area contributed by atoms with Gasteiger partial charge in [-0.25, -0.2) is 4.98 Å². The minimum absolute atomic E-state index is 0.610. The predicted molar refractivity (Wildman–Crippen MR) is 72.0 cm³/mol. The molecular weight excluding hydrogens is 226 g/mol. The monoisotopic (exact) mass is 241 g/mol. The Labute approximate surface area is 105 Å². The largest absolute Gasteiger partial charge is 0.495 e. The number of nitrogens with zero attached hydrogens (tertiary/aromatic N) is 2. The van der Waals surface area contributed by atoms with Crippen LogP contribution in [-0.4, -0.2) is 23.0 Å². The van der Waals surface area contributed by atoms with Crippen LogP contribution in [0.5, 0.6) is 5.75 Å². The molecule has 0 aliphatic heterocycles. The number of rotatable bonds is 3. The Morgan fingerprint density at radius 1 is 1.28 bits per heavy atom. The van der Waals surface area contributed by atoms with E-state index in [1.54, 1.807) is 7.11 Å². The summed E-state index contributed by atoms with van der Waals surface area (Å²) in [5.74, 6) is 0.856. The van der Waals surface area contributed by atoms with Crippen molar-refractivity contribution in [1.29, 1.82) is 0 Å². The van der Waals surface area contributed by atoms with E-state index < -0.39 is 0 Å². The molecule has 4 nitrogen and oxygen atoms in total. The summed E-state index contributed by atoms with van der Waals surface area (Å²) in [6.07, 6.45) is 2.82. The van der Waals surface area contributed by atoms with Crippen molar-refractivity contribution in [2.75, 3.05) is 13.7 Å². The number of methoxy groups -OCH3 is 1. The molecule has 2 heterocycles. The van der Waals surface area contributed by atoms with Crippen molar-refractivity contribution in [1.82, 2.24) is 9.38 Å². The summed E-state index contributed by atoms with van der Waals surface area (Å²) in [7, 11) is 1.69. The Morgan fingerprint density at radius 2 is 2.17 bits per heavy atom. The number of imidazole rings is 1. The van der Waals surface area contributed by atoms with Gasteiger partial charge in [-0.1, -0.05) is 12.1 Å². The minimum Gasteiger partial charge on any atom is -0.495 e. The van der Waals surface area contributed by atoms with Crippen LogP contribution in [0.3, 0.4) is 0 Å². The molecule has 0 amide bonds. The van der Waals surface area contributed by atoms with Gasteiger partial charge < -0.3 is 10.5 Å². The van der Waals surface area contributed by atoms with Gasteiger partial charge in [0.05, 0.1) is 18.3 Å². The van der Waals surface area contributed by atoms with Gasteiger partial charge in [-0.05, 0) is 24.7 Å². The molecule has 0 spiro atoms. The molecule has 1 aromatic carbocycles. The first-order chi connectivity index (χ1) is 8.83. The lowest BCUT2D eigenvalue weighted by molar-refractivity contribution is 0.418. The molecule has 0 fully saturated rings. The zero-order valence-electron chi connectivity index (χ0n) is 10.3. The van der Waals surface area contributed by atoms with E-state index in [9.17, 15) is 0 Å². The number of hydrogen-bond donors (Lipinski definition) is 1. The van der Waals surface area contributed by atoms with E-state index >= 15 is 0 Å². The zero-order chi connectivity index (χ0) is 12.5. The highest BCUT2D eigenvalue weighted by atomic mass is 16.5. The fraction of sp³-hybridized carbons (Fsp3) is 0.214. The SMILES string of the molecule is COc1cccc2ccc3nc(CCN)cn3c12. The molecular formula is C14H15N3O. The molecule has 18 heavy (non-hydrogen) atoms. The zero-order valence-corrected chi connectivity index (χ0v) is 10.3. The van der Waals surface area contributed by atoms with Gasteiger partial charge in [0, 0.05) is 18.0 Å². The van der Waals surface area contributed by atoms with Gasteiger partial charge in [0.1, 0.15) is 11.4 Å². The second-order valence-corrected chi connectivity index (χ2v) is 4.23. The molecule has 0 saturated carbocycles. The van der Waals surface area contributed by atoms with E-state index in [1.807, 2.05) is 24.4 Å². The lowest BCUT2D eigenvalue weighted by Gasteiger charge is -2.07. The van der Waals surface area contributed by atoms with Crippen LogP contribution in [0.4, 0.5) is 0 Å². The Bertz CT molecular complexity index is 703. The fourth-order valence-corrected chi connectivity index (χ4v) is 2.27. The second-order valence-electron chi connectivity index (χ2n) is 4.23. The van der Waals surface area contributed by atoms with Gasteiger partial charge in [-0.2, -0.15) is 0 Å². The summed E-state index contributed by atoms with van der Waals surface area (Å²) < 4.78 is 7.50. The van der Waals surface area contributed by atoms with E-state index in [2.05, 4.69) is 21.5 Å². The maximum Gasteiger partial charge on any atom is 0.143 e. The third kappa shape index (κ3) is 1.62. The molecule has 0 saturated heterocycles.